The number of rotatable bonds is 7. The lowest BCUT2D eigenvalue weighted by atomic mass is 9.94. The molecule has 2 aromatic rings. The minimum absolute atomic E-state index is 0.0128. The van der Waals surface area contributed by atoms with Crippen LogP contribution >= 0.6 is 11.3 Å². The molecule has 1 saturated heterocycles. The van der Waals surface area contributed by atoms with Crippen molar-refractivity contribution in [2.45, 2.75) is 58.0 Å². The highest BCUT2D eigenvalue weighted by molar-refractivity contribution is 7.15. The molecule has 0 aromatic carbocycles. The van der Waals surface area contributed by atoms with Crippen molar-refractivity contribution in [3.8, 4) is 0 Å². The average molecular weight is 362 g/mol. The standard InChI is InChI=1S/C17H22N4O3S/c1-3-4-5-6-7-17(2)14(23)21(15(24)19-17)11-12-10-13(22)20-8-9-25-16(20)18-12/h8-10H,3-7,11H2,1-2H3,(H,19,24)/t17-/m0/s1. The Balaban J connectivity index is 1.74. The number of aromatic nitrogens is 2. The molecular weight excluding hydrogens is 340 g/mol. The molecular formula is C17H22N4O3S. The van der Waals surface area contributed by atoms with E-state index in [-0.39, 0.29) is 18.0 Å². The molecule has 0 unspecified atom stereocenters. The van der Waals surface area contributed by atoms with E-state index in [0.717, 1.165) is 30.6 Å². The smallest absolute Gasteiger partial charge is 0.323 e. The number of amides is 3. The van der Waals surface area contributed by atoms with Gasteiger partial charge in [-0.15, -0.1) is 11.3 Å². The van der Waals surface area contributed by atoms with Crippen LogP contribution in [0.2, 0.25) is 0 Å². The van der Waals surface area contributed by atoms with Crippen LogP contribution in [0.25, 0.3) is 4.96 Å². The highest BCUT2D eigenvalue weighted by Crippen LogP contribution is 2.25. The van der Waals surface area contributed by atoms with Crippen LogP contribution in [-0.2, 0) is 11.3 Å². The average Bonchev–Trinajstić information content (AvgIpc) is 3.11. The zero-order valence-electron chi connectivity index (χ0n) is 14.4. The third-order valence-electron chi connectivity index (χ3n) is 4.55. The number of unbranched alkanes of at least 4 members (excludes halogenated alkanes) is 3. The Morgan fingerprint density at radius 3 is 2.80 bits per heavy atom. The molecule has 7 nitrogen and oxygen atoms in total. The van der Waals surface area contributed by atoms with Crippen molar-refractivity contribution in [1.29, 1.82) is 0 Å². The van der Waals surface area contributed by atoms with Crippen LogP contribution < -0.4 is 10.9 Å². The zero-order chi connectivity index (χ0) is 18.0. The van der Waals surface area contributed by atoms with Gasteiger partial charge in [-0.1, -0.05) is 32.6 Å². The van der Waals surface area contributed by atoms with Gasteiger partial charge in [-0.25, -0.2) is 9.78 Å². The highest BCUT2D eigenvalue weighted by atomic mass is 32.1. The van der Waals surface area contributed by atoms with Crippen LogP contribution in [0.5, 0.6) is 0 Å². The lowest BCUT2D eigenvalue weighted by Gasteiger charge is -2.21. The molecule has 3 amide bonds. The first-order valence-corrected chi connectivity index (χ1v) is 9.42. The van der Waals surface area contributed by atoms with Crippen LogP contribution in [0, 0.1) is 0 Å². The van der Waals surface area contributed by atoms with E-state index in [1.54, 1.807) is 18.5 Å². The summed E-state index contributed by atoms with van der Waals surface area (Å²) in [7, 11) is 0. The van der Waals surface area contributed by atoms with Gasteiger partial charge >= 0.3 is 6.03 Å². The second-order valence-electron chi connectivity index (χ2n) is 6.61. The van der Waals surface area contributed by atoms with Crippen molar-refractivity contribution in [3.63, 3.8) is 0 Å². The largest absolute Gasteiger partial charge is 0.325 e. The minimum Gasteiger partial charge on any atom is -0.323 e. The molecule has 0 saturated carbocycles. The maximum atomic E-state index is 12.7. The zero-order valence-corrected chi connectivity index (χ0v) is 15.3. The van der Waals surface area contributed by atoms with Gasteiger partial charge in [0.15, 0.2) is 4.96 Å². The molecule has 3 heterocycles. The molecule has 0 spiro atoms. The van der Waals surface area contributed by atoms with E-state index in [2.05, 4.69) is 17.2 Å². The number of carbonyl (C=O) groups excluding carboxylic acids is 2. The van der Waals surface area contributed by atoms with Crippen molar-refractivity contribution < 1.29 is 9.59 Å². The summed E-state index contributed by atoms with van der Waals surface area (Å²) in [5, 5.41) is 4.58. The van der Waals surface area contributed by atoms with E-state index in [1.807, 2.05) is 0 Å². The first-order valence-electron chi connectivity index (χ1n) is 8.54. The van der Waals surface area contributed by atoms with Gasteiger partial charge in [0, 0.05) is 17.6 Å². The summed E-state index contributed by atoms with van der Waals surface area (Å²) in [5.41, 5.74) is -0.658. The normalized spacial score (nSPS) is 20.5. The molecule has 25 heavy (non-hydrogen) atoms. The first-order chi connectivity index (χ1) is 11.9. The fourth-order valence-corrected chi connectivity index (χ4v) is 3.83. The Bertz CT molecular complexity index is 859. The van der Waals surface area contributed by atoms with Gasteiger partial charge in [0.1, 0.15) is 5.54 Å². The van der Waals surface area contributed by atoms with Gasteiger partial charge in [-0.05, 0) is 13.3 Å². The Morgan fingerprint density at radius 1 is 1.24 bits per heavy atom. The van der Waals surface area contributed by atoms with Crippen LogP contribution in [0.1, 0.15) is 51.6 Å². The van der Waals surface area contributed by atoms with Gasteiger partial charge in [0.2, 0.25) is 0 Å². The second-order valence-corrected chi connectivity index (χ2v) is 7.48. The van der Waals surface area contributed by atoms with E-state index in [1.165, 1.54) is 21.8 Å². The molecule has 1 aliphatic heterocycles. The van der Waals surface area contributed by atoms with E-state index < -0.39 is 11.6 Å². The summed E-state index contributed by atoms with van der Waals surface area (Å²) in [5.74, 6) is -0.248. The monoisotopic (exact) mass is 362 g/mol. The summed E-state index contributed by atoms with van der Waals surface area (Å²) in [6.07, 6.45) is 6.45. The molecule has 3 rings (SSSR count). The summed E-state index contributed by atoms with van der Waals surface area (Å²) < 4.78 is 1.44. The predicted octanol–water partition coefficient (Wildman–Crippen LogP) is 2.54. The van der Waals surface area contributed by atoms with Crippen LogP contribution in [0.4, 0.5) is 4.79 Å². The number of thiazole rings is 1. The summed E-state index contributed by atoms with van der Waals surface area (Å²) in [6.45, 7) is 3.91. The number of carbonyl (C=O) groups is 2. The fraction of sp³-hybridized carbons (Fsp3) is 0.529. The molecule has 1 fully saturated rings. The van der Waals surface area contributed by atoms with Crippen molar-refractivity contribution in [2.75, 3.05) is 0 Å². The van der Waals surface area contributed by atoms with E-state index in [9.17, 15) is 14.4 Å². The van der Waals surface area contributed by atoms with Crippen molar-refractivity contribution in [3.05, 3.63) is 33.7 Å². The van der Waals surface area contributed by atoms with Gasteiger partial charge in [-0.2, -0.15) is 0 Å². The fourth-order valence-electron chi connectivity index (χ4n) is 3.10. The van der Waals surface area contributed by atoms with Crippen molar-refractivity contribution in [1.82, 2.24) is 19.6 Å². The lowest BCUT2D eigenvalue weighted by Crippen LogP contribution is -2.43. The molecule has 2 aromatic heterocycles. The minimum atomic E-state index is -0.868. The van der Waals surface area contributed by atoms with Crippen molar-refractivity contribution in [2.24, 2.45) is 0 Å². The molecule has 1 N–H and O–H groups in total. The predicted molar refractivity (Wildman–Crippen MR) is 95.6 cm³/mol. The number of nitrogens with one attached hydrogen (secondary N) is 1. The lowest BCUT2D eigenvalue weighted by molar-refractivity contribution is -0.131. The van der Waals surface area contributed by atoms with Crippen LogP contribution in [0.15, 0.2) is 22.4 Å². The molecule has 8 heteroatoms. The molecule has 1 atom stereocenters. The summed E-state index contributed by atoms with van der Waals surface area (Å²) in [6, 6.07) is 0.952. The number of hydrogen-bond acceptors (Lipinski definition) is 5. The molecule has 1 aliphatic rings. The summed E-state index contributed by atoms with van der Waals surface area (Å²) >= 11 is 1.34. The Hall–Kier alpha value is -2.22. The number of imide groups is 1. The number of nitrogens with zero attached hydrogens (tertiary/aromatic N) is 3. The summed E-state index contributed by atoms with van der Waals surface area (Å²) in [4.78, 5) is 43.2. The van der Waals surface area contributed by atoms with E-state index in [0.29, 0.717) is 17.1 Å². The molecule has 0 bridgehead atoms. The van der Waals surface area contributed by atoms with E-state index >= 15 is 0 Å². The molecule has 0 aliphatic carbocycles. The Labute approximate surface area is 149 Å². The van der Waals surface area contributed by atoms with Crippen LogP contribution in [0.3, 0.4) is 0 Å². The second kappa shape index (κ2) is 6.95. The topological polar surface area (TPSA) is 83.8 Å². The van der Waals surface area contributed by atoms with Gasteiger partial charge in [0.05, 0.1) is 12.2 Å². The third-order valence-corrected chi connectivity index (χ3v) is 5.31. The number of fused-ring (bicyclic) bond motifs is 1. The SMILES string of the molecule is CCCCCC[C@]1(C)NC(=O)N(Cc2cc(=O)n3ccsc3n2)C1=O. The first kappa shape index (κ1) is 17.6. The van der Waals surface area contributed by atoms with Crippen LogP contribution in [-0.4, -0.2) is 31.8 Å². The van der Waals surface area contributed by atoms with Crippen molar-refractivity contribution >= 4 is 28.2 Å². The molecule has 0 radical (unpaired) electrons. The maximum Gasteiger partial charge on any atom is 0.325 e. The Kier molecular flexibility index (Phi) is 4.89. The number of urea groups is 1. The quantitative estimate of drug-likeness (QED) is 0.606. The van der Waals surface area contributed by atoms with Gasteiger partial charge in [0.25, 0.3) is 11.5 Å². The highest BCUT2D eigenvalue weighted by Gasteiger charge is 2.47. The third kappa shape index (κ3) is 3.44. The number of hydrogen-bond donors (Lipinski definition) is 1. The maximum absolute atomic E-state index is 12.7. The molecule has 134 valence electrons. The van der Waals surface area contributed by atoms with E-state index in [4.69, 9.17) is 0 Å². The Morgan fingerprint density at radius 2 is 2.04 bits per heavy atom. The van der Waals surface area contributed by atoms with Gasteiger partial charge in [-0.3, -0.25) is 18.9 Å². The van der Waals surface area contributed by atoms with Gasteiger partial charge < -0.3 is 5.32 Å².